The summed E-state index contributed by atoms with van der Waals surface area (Å²) < 4.78 is 13.3. The molecule has 0 saturated carbocycles. The van der Waals surface area contributed by atoms with Crippen LogP contribution in [0.3, 0.4) is 0 Å². The Morgan fingerprint density at radius 2 is 2.15 bits per heavy atom. The van der Waals surface area contributed by atoms with E-state index in [1.165, 1.54) is 18.2 Å². The number of likely N-dealkylation sites (N-methyl/N-ethyl adjacent to an activating group) is 1. The molecule has 20 heavy (non-hydrogen) atoms. The first-order chi connectivity index (χ1) is 9.31. The van der Waals surface area contributed by atoms with E-state index in [1.54, 1.807) is 0 Å². The monoisotopic (exact) mass is 302 g/mol. The van der Waals surface area contributed by atoms with Crippen molar-refractivity contribution in [2.75, 3.05) is 20.1 Å². The van der Waals surface area contributed by atoms with Gasteiger partial charge in [-0.3, -0.25) is 9.69 Å². The number of rotatable bonds is 6. The largest absolute Gasteiger partial charge is 0.387 e. The molecule has 1 amide bonds. The van der Waals surface area contributed by atoms with Gasteiger partial charge in [0.2, 0.25) is 5.91 Å². The third kappa shape index (κ3) is 5.07. The van der Waals surface area contributed by atoms with Crippen LogP contribution in [0.5, 0.6) is 0 Å². The van der Waals surface area contributed by atoms with Crippen molar-refractivity contribution in [1.82, 2.24) is 10.2 Å². The lowest BCUT2D eigenvalue weighted by Gasteiger charge is -2.20. The van der Waals surface area contributed by atoms with Gasteiger partial charge in [0.15, 0.2) is 0 Å². The third-order valence-electron chi connectivity index (χ3n) is 3.10. The Bertz CT molecular complexity index is 468. The summed E-state index contributed by atoms with van der Waals surface area (Å²) in [6, 6.07) is 4.34. The van der Waals surface area contributed by atoms with E-state index in [0.717, 1.165) is 0 Å². The van der Waals surface area contributed by atoms with E-state index in [1.807, 2.05) is 25.8 Å². The lowest BCUT2D eigenvalue weighted by atomic mass is 10.1. The van der Waals surface area contributed by atoms with Crippen molar-refractivity contribution in [3.05, 3.63) is 34.6 Å². The first-order valence-electron chi connectivity index (χ1n) is 6.41. The van der Waals surface area contributed by atoms with Crippen molar-refractivity contribution in [3.8, 4) is 0 Å². The molecule has 2 N–H and O–H groups in total. The topological polar surface area (TPSA) is 52.6 Å². The highest BCUT2D eigenvalue weighted by molar-refractivity contribution is 6.30. The van der Waals surface area contributed by atoms with Crippen molar-refractivity contribution < 1.29 is 14.3 Å². The maximum atomic E-state index is 13.3. The zero-order valence-electron chi connectivity index (χ0n) is 11.9. The minimum absolute atomic E-state index is 0.00328. The molecule has 0 fully saturated rings. The summed E-state index contributed by atoms with van der Waals surface area (Å²) in [5.74, 6) is -0.774. The third-order valence-corrected chi connectivity index (χ3v) is 3.40. The number of carbonyl (C=O) groups is 1. The maximum Gasteiger partial charge on any atom is 0.234 e. The number of amides is 1. The SMILES string of the molecule is CC(C)N(C)CC(=O)NCC(O)c1ccc(Cl)c(F)c1. The fraction of sp³-hybridized carbons (Fsp3) is 0.500. The molecule has 1 aromatic carbocycles. The zero-order valence-corrected chi connectivity index (χ0v) is 12.6. The van der Waals surface area contributed by atoms with Crippen LogP contribution in [0.25, 0.3) is 0 Å². The molecule has 0 aliphatic heterocycles. The fourth-order valence-electron chi connectivity index (χ4n) is 1.51. The molecule has 1 aromatic rings. The van der Waals surface area contributed by atoms with E-state index in [9.17, 15) is 14.3 Å². The first kappa shape index (κ1) is 16.9. The summed E-state index contributed by atoms with van der Waals surface area (Å²) in [5, 5.41) is 12.5. The second-order valence-corrected chi connectivity index (χ2v) is 5.41. The van der Waals surface area contributed by atoms with Gasteiger partial charge in [0.05, 0.1) is 17.7 Å². The number of halogens is 2. The smallest absolute Gasteiger partial charge is 0.234 e. The molecule has 0 aliphatic carbocycles. The van der Waals surface area contributed by atoms with Crippen LogP contribution in [0.2, 0.25) is 5.02 Å². The molecular weight excluding hydrogens is 283 g/mol. The quantitative estimate of drug-likeness (QED) is 0.845. The van der Waals surface area contributed by atoms with Crippen LogP contribution in [0, 0.1) is 5.82 Å². The molecule has 1 atom stereocenters. The van der Waals surface area contributed by atoms with Gasteiger partial charge in [-0.15, -0.1) is 0 Å². The molecule has 0 heterocycles. The normalized spacial score (nSPS) is 12.8. The maximum absolute atomic E-state index is 13.3. The Morgan fingerprint density at radius 1 is 1.50 bits per heavy atom. The fourth-order valence-corrected chi connectivity index (χ4v) is 1.63. The van der Waals surface area contributed by atoms with E-state index < -0.39 is 11.9 Å². The van der Waals surface area contributed by atoms with Gasteiger partial charge in [-0.25, -0.2) is 4.39 Å². The Kier molecular flexibility index (Phi) is 6.39. The molecule has 112 valence electrons. The zero-order chi connectivity index (χ0) is 15.3. The average Bonchev–Trinajstić information content (AvgIpc) is 2.39. The van der Waals surface area contributed by atoms with Gasteiger partial charge in [-0.2, -0.15) is 0 Å². The Balaban J connectivity index is 2.48. The summed E-state index contributed by atoms with van der Waals surface area (Å²) >= 11 is 5.57. The van der Waals surface area contributed by atoms with Crippen LogP contribution in [0.4, 0.5) is 4.39 Å². The second kappa shape index (κ2) is 7.57. The van der Waals surface area contributed by atoms with Crippen LogP contribution < -0.4 is 5.32 Å². The highest BCUT2D eigenvalue weighted by Crippen LogP contribution is 2.19. The van der Waals surface area contributed by atoms with Gasteiger partial charge < -0.3 is 10.4 Å². The van der Waals surface area contributed by atoms with Gasteiger partial charge in [-0.05, 0) is 38.6 Å². The van der Waals surface area contributed by atoms with Crippen molar-refractivity contribution in [1.29, 1.82) is 0 Å². The van der Waals surface area contributed by atoms with Crippen molar-refractivity contribution >= 4 is 17.5 Å². The molecule has 1 unspecified atom stereocenters. The van der Waals surface area contributed by atoms with Gasteiger partial charge >= 0.3 is 0 Å². The lowest BCUT2D eigenvalue weighted by Crippen LogP contribution is -2.39. The molecule has 0 bridgehead atoms. The standard InChI is InChI=1S/C14H20ClFN2O2/c1-9(2)18(3)8-14(20)17-7-13(19)10-4-5-11(15)12(16)6-10/h4-6,9,13,19H,7-8H2,1-3H3,(H,17,20). The summed E-state index contributed by atoms with van der Waals surface area (Å²) in [6.45, 7) is 4.25. The van der Waals surface area contributed by atoms with Gasteiger partial charge in [0.1, 0.15) is 5.82 Å². The van der Waals surface area contributed by atoms with Crippen molar-refractivity contribution in [2.45, 2.75) is 26.0 Å². The summed E-state index contributed by atoms with van der Waals surface area (Å²) in [5.41, 5.74) is 0.379. The van der Waals surface area contributed by atoms with E-state index in [2.05, 4.69) is 5.32 Å². The Hall–Kier alpha value is -1.17. The molecule has 1 rings (SSSR count). The van der Waals surface area contributed by atoms with E-state index >= 15 is 0 Å². The number of nitrogens with zero attached hydrogens (tertiary/aromatic N) is 1. The number of aliphatic hydroxyl groups excluding tert-OH is 1. The molecule has 0 spiro atoms. The Morgan fingerprint density at radius 3 is 2.70 bits per heavy atom. The predicted octanol–water partition coefficient (Wildman–Crippen LogP) is 1.97. The lowest BCUT2D eigenvalue weighted by molar-refractivity contribution is -0.122. The molecule has 0 radical (unpaired) electrons. The predicted molar refractivity (Wildman–Crippen MR) is 77.1 cm³/mol. The molecule has 0 aliphatic rings. The second-order valence-electron chi connectivity index (χ2n) is 5.00. The number of hydrogen-bond donors (Lipinski definition) is 2. The minimum Gasteiger partial charge on any atom is -0.387 e. The molecule has 4 nitrogen and oxygen atoms in total. The first-order valence-corrected chi connectivity index (χ1v) is 6.79. The molecule has 6 heteroatoms. The highest BCUT2D eigenvalue weighted by Gasteiger charge is 2.13. The van der Waals surface area contributed by atoms with Crippen molar-refractivity contribution in [3.63, 3.8) is 0 Å². The summed E-state index contributed by atoms with van der Waals surface area (Å²) in [6.07, 6.45) is -0.963. The van der Waals surface area contributed by atoms with E-state index in [0.29, 0.717) is 5.56 Å². The van der Waals surface area contributed by atoms with Crippen LogP contribution in [0.15, 0.2) is 18.2 Å². The molecular formula is C14H20ClFN2O2. The Labute approximate surface area is 123 Å². The van der Waals surface area contributed by atoms with Gasteiger partial charge in [0, 0.05) is 12.6 Å². The van der Waals surface area contributed by atoms with Crippen LogP contribution in [-0.4, -0.2) is 42.1 Å². The van der Waals surface area contributed by atoms with E-state index in [4.69, 9.17) is 11.6 Å². The van der Waals surface area contributed by atoms with Gasteiger partial charge in [0.25, 0.3) is 0 Å². The number of nitrogens with one attached hydrogen (secondary N) is 1. The van der Waals surface area contributed by atoms with Crippen LogP contribution in [0.1, 0.15) is 25.5 Å². The molecule has 0 saturated heterocycles. The average molecular weight is 303 g/mol. The van der Waals surface area contributed by atoms with Gasteiger partial charge in [-0.1, -0.05) is 17.7 Å². The van der Waals surface area contributed by atoms with E-state index in [-0.39, 0.29) is 30.1 Å². The van der Waals surface area contributed by atoms with Crippen molar-refractivity contribution in [2.24, 2.45) is 0 Å². The summed E-state index contributed by atoms with van der Waals surface area (Å²) in [7, 11) is 1.84. The van der Waals surface area contributed by atoms with Crippen LogP contribution >= 0.6 is 11.6 Å². The number of carbonyl (C=O) groups excluding carboxylic acids is 1. The summed E-state index contributed by atoms with van der Waals surface area (Å²) in [4.78, 5) is 13.5. The highest BCUT2D eigenvalue weighted by atomic mass is 35.5. The molecule has 0 aromatic heterocycles. The minimum atomic E-state index is -0.963. The number of hydrogen-bond acceptors (Lipinski definition) is 3. The number of benzene rings is 1. The van der Waals surface area contributed by atoms with Crippen LogP contribution in [-0.2, 0) is 4.79 Å². The number of aliphatic hydroxyl groups is 1.